The van der Waals surface area contributed by atoms with Crippen molar-refractivity contribution in [2.45, 2.75) is 31.5 Å². The molecule has 0 spiro atoms. The minimum atomic E-state index is -4.56. The van der Waals surface area contributed by atoms with Gasteiger partial charge in [-0.15, -0.1) is 0 Å². The van der Waals surface area contributed by atoms with E-state index < -0.39 is 22.7 Å². The number of rotatable bonds is 3. The highest BCUT2D eigenvalue weighted by atomic mass is 35.5. The molecule has 1 unspecified atom stereocenters. The van der Waals surface area contributed by atoms with Crippen LogP contribution in [0.3, 0.4) is 0 Å². The van der Waals surface area contributed by atoms with Crippen LogP contribution < -0.4 is 5.32 Å². The molecule has 1 N–H and O–H groups in total. The topological polar surface area (TPSA) is 59.1 Å². The highest BCUT2D eigenvalue weighted by Gasteiger charge is 2.34. The second-order valence-corrected chi connectivity index (χ2v) is 6.33. The van der Waals surface area contributed by atoms with Gasteiger partial charge in [0.25, 0.3) is 0 Å². The number of hydrogen-bond donors (Lipinski definition) is 1. The molecule has 0 saturated carbocycles. The maximum Gasteiger partial charge on any atom is 0.417 e. The number of carbonyl (C=O) groups is 2. The van der Waals surface area contributed by atoms with Crippen molar-refractivity contribution in [1.82, 2.24) is 10.3 Å². The van der Waals surface area contributed by atoms with Crippen LogP contribution in [0.25, 0.3) is 0 Å². The number of benzene rings is 1. The third-order valence-electron chi connectivity index (χ3n) is 4.29. The summed E-state index contributed by atoms with van der Waals surface area (Å²) in [6.45, 7) is -0.137. The maximum atomic E-state index is 12.9. The van der Waals surface area contributed by atoms with E-state index in [4.69, 9.17) is 11.6 Å². The summed E-state index contributed by atoms with van der Waals surface area (Å²) in [6.07, 6.45) is -2.54. The molecular weight excluding hydrogens is 369 g/mol. The van der Waals surface area contributed by atoms with Gasteiger partial charge in [-0.05, 0) is 29.7 Å². The van der Waals surface area contributed by atoms with Crippen molar-refractivity contribution in [2.24, 2.45) is 0 Å². The van der Waals surface area contributed by atoms with E-state index in [1.54, 1.807) is 12.1 Å². The molecule has 3 rings (SSSR count). The van der Waals surface area contributed by atoms with Crippen LogP contribution in [0.15, 0.2) is 36.5 Å². The average molecular weight is 383 g/mol. The van der Waals surface area contributed by atoms with E-state index in [9.17, 15) is 22.8 Å². The Labute approximate surface area is 152 Å². The van der Waals surface area contributed by atoms with Crippen LogP contribution in [0.2, 0.25) is 5.02 Å². The number of carbonyl (C=O) groups excluding carboxylic acids is 2. The molecule has 1 heterocycles. The first-order chi connectivity index (χ1) is 12.3. The fourth-order valence-corrected chi connectivity index (χ4v) is 3.29. The third kappa shape index (κ3) is 3.58. The molecule has 0 fully saturated rings. The predicted octanol–water partition coefficient (Wildman–Crippen LogP) is 4.13. The van der Waals surface area contributed by atoms with E-state index in [2.05, 4.69) is 10.3 Å². The number of amides is 1. The number of nitrogens with zero attached hydrogens (tertiary/aromatic N) is 1. The molecule has 8 heteroatoms. The number of halogens is 4. The molecular formula is C18H14ClF3N2O2. The number of Topliss-reactive ketones (excluding diaryl/α,β-unsaturated/α-hetero) is 1. The van der Waals surface area contributed by atoms with Crippen molar-refractivity contribution in [3.63, 3.8) is 0 Å². The lowest BCUT2D eigenvalue weighted by Gasteiger charge is -2.23. The zero-order valence-electron chi connectivity index (χ0n) is 13.4. The van der Waals surface area contributed by atoms with Crippen LogP contribution in [0.1, 0.15) is 45.9 Å². The van der Waals surface area contributed by atoms with Crippen molar-refractivity contribution >= 4 is 23.3 Å². The SMILES string of the molecule is O=C1CCC(C(=O)NCc2cccc(C(F)(F)F)c2Cl)c2cccnc21. The first kappa shape index (κ1) is 18.4. The first-order valence-corrected chi connectivity index (χ1v) is 8.27. The number of nitrogens with one attached hydrogen (secondary N) is 1. The molecule has 0 bridgehead atoms. The van der Waals surface area contributed by atoms with Crippen molar-refractivity contribution in [2.75, 3.05) is 0 Å². The summed E-state index contributed by atoms with van der Waals surface area (Å²) >= 11 is 5.84. The van der Waals surface area contributed by atoms with E-state index in [1.807, 2.05) is 0 Å². The van der Waals surface area contributed by atoms with Crippen LogP contribution in [-0.2, 0) is 17.5 Å². The number of hydrogen-bond acceptors (Lipinski definition) is 3. The van der Waals surface area contributed by atoms with Crippen LogP contribution >= 0.6 is 11.6 Å². The Morgan fingerprint density at radius 3 is 2.77 bits per heavy atom. The second-order valence-electron chi connectivity index (χ2n) is 5.95. The summed E-state index contributed by atoms with van der Waals surface area (Å²) in [6, 6.07) is 6.87. The lowest BCUT2D eigenvalue weighted by atomic mass is 9.84. The Hall–Kier alpha value is -2.41. The quantitative estimate of drug-likeness (QED) is 0.868. The predicted molar refractivity (Wildman–Crippen MR) is 88.8 cm³/mol. The fourth-order valence-electron chi connectivity index (χ4n) is 2.99. The van der Waals surface area contributed by atoms with E-state index >= 15 is 0 Å². The van der Waals surface area contributed by atoms with E-state index in [0.717, 1.165) is 6.07 Å². The second kappa shape index (κ2) is 7.07. The molecule has 0 aliphatic heterocycles. The highest BCUT2D eigenvalue weighted by Crippen LogP contribution is 2.36. The average Bonchev–Trinajstić information content (AvgIpc) is 2.60. The lowest BCUT2D eigenvalue weighted by Crippen LogP contribution is -2.32. The number of ketones is 1. The lowest BCUT2D eigenvalue weighted by molar-refractivity contribution is -0.137. The Morgan fingerprint density at radius 2 is 2.04 bits per heavy atom. The summed E-state index contributed by atoms with van der Waals surface area (Å²) < 4.78 is 38.7. The van der Waals surface area contributed by atoms with Crippen molar-refractivity contribution < 1.29 is 22.8 Å². The summed E-state index contributed by atoms with van der Waals surface area (Å²) in [5.41, 5.74) is 0.0456. The van der Waals surface area contributed by atoms with Gasteiger partial charge in [0.15, 0.2) is 5.78 Å². The number of fused-ring (bicyclic) bond motifs is 1. The van der Waals surface area contributed by atoms with Gasteiger partial charge < -0.3 is 5.32 Å². The van der Waals surface area contributed by atoms with Crippen LogP contribution in [0, 0.1) is 0 Å². The van der Waals surface area contributed by atoms with Crippen LogP contribution in [0.5, 0.6) is 0 Å². The molecule has 1 aromatic heterocycles. The molecule has 2 aromatic rings. The van der Waals surface area contributed by atoms with Gasteiger partial charge in [0, 0.05) is 19.2 Å². The van der Waals surface area contributed by atoms with Gasteiger partial charge in [-0.3, -0.25) is 14.6 Å². The van der Waals surface area contributed by atoms with E-state index in [0.29, 0.717) is 12.0 Å². The molecule has 4 nitrogen and oxygen atoms in total. The monoisotopic (exact) mass is 382 g/mol. The van der Waals surface area contributed by atoms with Crippen LogP contribution in [0.4, 0.5) is 13.2 Å². The fraction of sp³-hybridized carbons (Fsp3) is 0.278. The Balaban J connectivity index is 1.77. The first-order valence-electron chi connectivity index (χ1n) is 7.89. The summed E-state index contributed by atoms with van der Waals surface area (Å²) in [5, 5.41) is 2.18. The molecule has 0 saturated heterocycles. The number of aromatic nitrogens is 1. The molecule has 1 aliphatic carbocycles. The molecule has 0 radical (unpaired) electrons. The summed E-state index contributed by atoms with van der Waals surface area (Å²) in [4.78, 5) is 28.4. The van der Waals surface area contributed by atoms with Gasteiger partial charge in [0.2, 0.25) is 5.91 Å². The molecule has 1 aliphatic rings. The highest BCUT2D eigenvalue weighted by molar-refractivity contribution is 6.32. The third-order valence-corrected chi connectivity index (χ3v) is 4.74. The smallest absolute Gasteiger partial charge is 0.351 e. The minimum Gasteiger partial charge on any atom is -0.351 e. The van der Waals surface area contributed by atoms with Gasteiger partial charge in [-0.2, -0.15) is 13.2 Å². The molecule has 136 valence electrons. The van der Waals surface area contributed by atoms with Gasteiger partial charge in [0.05, 0.1) is 16.5 Å². The largest absolute Gasteiger partial charge is 0.417 e. The van der Waals surface area contributed by atoms with Crippen molar-refractivity contribution in [3.05, 3.63) is 63.9 Å². The molecule has 1 aromatic carbocycles. The van der Waals surface area contributed by atoms with Gasteiger partial charge in [-0.1, -0.05) is 29.8 Å². The summed E-state index contributed by atoms with van der Waals surface area (Å²) in [5.74, 6) is -1.06. The van der Waals surface area contributed by atoms with Crippen molar-refractivity contribution in [1.29, 1.82) is 0 Å². The zero-order valence-corrected chi connectivity index (χ0v) is 14.2. The zero-order chi connectivity index (χ0) is 18.9. The Morgan fingerprint density at radius 1 is 1.27 bits per heavy atom. The standard InChI is InChI=1S/C18H14ClF3N2O2/c19-15-10(3-1-5-13(15)18(20,21)22)9-24-17(26)12-6-7-14(25)16-11(12)4-2-8-23-16/h1-5,8,12H,6-7,9H2,(H,24,26). The van der Waals surface area contributed by atoms with Crippen LogP contribution in [-0.4, -0.2) is 16.7 Å². The van der Waals surface area contributed by atoms with Gasteiger partial charge >= 0.3 is 6.18 Å². The Bertz CT molecular complexity index is 868. The number of pyridine rings is 1. The summed E-state index contributed by atoms with van der Waals surface area (Å²) in [7, 11) is 0. The van der Waals surface area contributed by atoms with Gasteiger partial charge in [-0.25, -0.2) is 0 Å². The van der Waals surface area contributed by atoms with E-state index in [-0.39, 0.29) is 35.9 Å². The normalized spacial score (nSPS) is 16.9. The van der Waals surface area contributed by atoms with Crippen molar-refractivity contribution in [3.8, 4) is 0 Å². The Kier molecular flexibility index (Phi) is 5.00. The minimum absolute atomic E-state index is 0.120. The maximum absolute atomic E-state index is 12.9. The van der Waals surface area contributed by atoms with E-state index in [1.165, 1.54) is 18.3 Å². The van der Waals surface area contributed by atoms with Gasteiger partial charge in [0.1, 0.15) is 5.69 Å². The molecule has 26 heavy (non-hydrogen) atoms. The molecule has 1 amide bonds. The molecule has 1 atom stereocenters. The number of alkyl halides is 3.